The summed E-state index contributed by atoms with van der Waals surface area (Å²) in [5, 5.41) is 3.91. The van der Waals surface area contributed by atoms with Crippen LogP contribution in [0.4, 0.5) is 5.82 Å². The van der Waals surface area contributed by atoms with Gasteiger partial charge in [0, 0.05) is 46.5 Å². The molecule has 2 rings (SSSR count). The Morgan fingerprint density at radius 2 is 2.10 bits per heavy atom. The van der Waals surface area contributed by atoms with Gasteiger partial charge in [-0.25, -0.2) is 8.42 Å². The predicted molar refractivity (Wildman–Crippen MR) is 79.3 cm³/mol. The first-order valence-corrected chi connectivity index (χ1v) is 8.39. The lowest BCUT2D eigenvalue weighted by atomic mass is 10.4. The van der Waals surface area contributed by atoms with Crippen LogP contribution in [0.2, 0.25) is 0 Å². The fourth-order valence-corrected chi connectivity index (χ4v) is 4.01. The zero-order chi connectivity index (χ0) is 15.5. The van der Waals surface area contributed by atoms with Crippen molar-refractivity contribution in [2.24, 2.45) is 7.05 Å². The van der Waals surface area contributed by atoms with Crippen molar-refractivity contribution in [2.45, 2.75) is 11.3 Å². The van der Waals surface area contributed by atoms with E-state index in [4.69, 9.17) is 10.5 Å². The Balaban J connectivity index is 2.09. The maximum absolute atomic E-state index is 12.6. The molecule has 1 saturated heterocycles. The summed E-state index contributed by atoms with van der Waals surface area (Å²) in [5.41, 5.74) is 5.70. The van der Waals surface area contributed by atoms with Gasteiger partial charge in [-0.15, -0.1) is 0 Å². The molecule has 0 atom stereocenters. The summed E-state index contributed by atoms with van der Waals surface area (Å²) in [5.74, 6) is 0.0537. The number of hydrogen-bond donors (Lipinski definition) is 1. The molecule has 120 valence electrons. The van der Waals surface area contributed by atoms with Gasteiger partial charge in [0.15, 0.2) is 5.82 Å². The maximum Gasteiger partial charge on any atom is 0.248 e. The number of nitrogens with zero attached hydrogens (tertiary/aromatic N) is 4. The topological polar surface area (TPSA) is 93.7 Å². The number of anilines is 1. The molecule has 0 saturated carbocycles. The summed E-state index contributed by atoms with van der Waals surface area (Å²) in [6.45, 7) is 4.00. The molecule has 2 N–H and O–H groups in total. The lowest BCUT2D eigenvalue weighted by molar-refractivity contribution is 0.151. The lowest BCUT2D eigenvalue weighted by Crippen LogP contribution is -2.36. The quantitative estimate of drug-likeness (QED) is 0.775. The summed E-state index contributed by atoms with van der Waals surface area (Å²) in [6, 6.07) is 0. The van der Waals surface area contributed by atoms with Crippen molar-refractivity contribution in [3.8, 4) is 0 Å². The highest BCUT2D eigenvalue weighted by Gasteiger charge is 2.30. The number of hydrogen-bond acceptors (Lipinski definition) is 6. The molecule has 0 aliphatic carbocycles. The third-order valence-electron chi connectivity index (χ3n) is 3.60. The summed E-state index contributed by atoms with van der Waals surface area (Å²) in [4.78, 5) is 2.31. The molecule has 0 bridgehead atoms. The van der Waals surface area contributed by atoms with Crippen LogP contribution in [0.1, 0.15) is 6.42 Å². The number of nitrogens with two attached hydrogens (primary N) is 1. The molecular formula is C12H23N5O3S. The third-order valence-corrected chi connectivity index (χ3v) is 5.51. The summed E-state index contributed by atoms with van der Waals surface area (Å²) in [7, 11) is -0.249. The number of methoxy groups -OCH3 is 1. The van der Waals surface area contributed by atoms with E-state index >= 15 is 0 Å². The van der Waals surface area contributed by atoms with Crippen molar-refractivity contribution < 1.29 is 13.2 Å². The maximum atomic E-state index is 12.6. The van der Waals surface area contributed by atoms with Crippen molar-refractivity contribution in [3.05, 3.63) is 6.20 Å². The van der Waals surface area contributed by atoms with Gasteiger partial charge in [0.2, 0.25) is 10.0 Å². The summed E-state index contributed by atoms with van der Waals surface area (Å²) in [6.07, 6.45) is 2.25. The Hall–Kier alpha value is -1.16. The fourth-order valence-electron chi connectivity index (χ4n) is 2.45. The standard InChI is InChI=1S/C12H23N5O3S/c1-15-10-11(12(13)14-15)21(18,19)17-5-3-4-16(6-7-17)8-9-20-2/h10H,3-9H2,1-2H3,(H2,13,14). The number of rotatable bonds is 5. The molecule has 2 heterocycles. The van der Waals surface area contributed by atoms with Gasteiger partial charge >= 0.3 is 0 Å². The lowest BCUT2D eigenvalue weighted by Gasteiger charge is -2.21. The molecule has 1 fully saturated rings. The number of aromatic nitrogens is 2. The molecule has 0 spiro atoms. The normalized spacial score (nSPS) is 18.8. The van der Waals surface area contributed by atoms with Crippen LogP contribution in [-0.4, -0.2) is 73.8 Å². The van der Waals surface area contributed by atoms with Crippen molar-refractivity contribution in [1.82, 2.24) is 19.0 Å². The second kappa shape index (κ2) is 6.73. The number of ether oxygens (including phenoxy) is 1. The molecule has 21 heavy (non-hydrogen) atoms. The summed E-state index contributed by atoms with van der Waals surface area (Å²) < 4.78 is 33.3. The Bertz CT molecular complexity index is 571. The van der Waals surface area contributed by atoms with Crippen LogP contribution in [-0.2, 0) is 21.8 Å². The van der Waals surface area contributed by atoms with Crippen molar-refractivity contribution in [2.75, 3.05) is 52.2 Å². The SMILES string of the molecule is COCCN1CCCN(S(=O)(=O)c2cn(C)nc2N)CC1. The first-order valence-electron chi connectivity index (χ1n) is 6.95. The molecule has 1 aromatic rings. The fraction of sp³-hybridized carbons (Fsp3) is 0.750. The minimum absolute atomic E-state index is 0.0537. The van der Waals surface area contributed by atoms with E-state index in [0.29, 0.717) is 26.2 Å². The van der Waals surface area contributed by atoms with E-state index in [9.17, 15) is 8.42 Å². The second-order valence-corrected chi connectivity index (χ2v) is 7.05. The van der Waals surface area contributed by atoms with Gasteiger partial charge in [-0.1, -0.05) is 0 Å². The Labute approximate surface area is 125 Å². The van der Waals surface area contributed by atoms with Gasteiger partial charge in [0.25, 0.3) is 0 Å². The van der Waals surface area contributed by atoms with E-state index in [1.165, 1.54) is 15.2 Å². The molecule has 0 unspecified atom stereocenters. The number of aryl methyl sites for hydroxylation is 1. The van der Waals surface area contributed by atoms with Gasteiger partial charge in [0.05, 0.1) is 6.61 Å². The molecule has 8 nitrogen and oxygen atoms in total. The third kappa shape index (κ3) is 3.73. The van der Waals surface area contributed by atoms with E-state index in [2.05, 4.69) is 10.00 Å². The van der Waals surface area contributed by atoms with Gasteiger partial charge in [-0.2, -0.15) is 9.40 Å². The number of nitrogen functional groups attached to an aromatic ring is 1. The molecule has 1 aromatic heterocycles. The average Bonchev–Trinajstić information content (AvgIpc) is 2.65. The van der Waals surface area contributed by atoms with E-state index < -0.39 is 10.0 Å². The average molecular weight is 317 g/mol. The first kappa shape index (κ1) is 16.2. The zero-order valence-electron chi connectivity index (χ0n) is 12.5. The second-order valence-electron chi connectivity index (χ2n) is 5.14. The minimum atomic E-state index is -3.57. The van der Waals surface area contributed by atoms with E-state index in [-0.39, 0.29) is 10.7 Å². The monoisotopic (exact) mass is 317 g/mol. The van der Waals surface area contributed by atoms with E-state index in [0.717, 1.165) is 19.5 Å². The number of sulfonamides is 1. The van der Waals surface area contributed by atoms with Gasteiger partial charge in [-0.05, 0) is 13.0 Å². The first-order chi connectivity index (χ1) is 9.95. The molecule has 1 aliphatic rings. The van der Waals surface area contributed by atoms with Crippen LogP contribution in [0, 0.1) is 0 Å². The van der Waals surface area contributed by atoms with Crippen LogP contribution in [0.3, 0.4) is 0 Å². The van der Waals surface area contributed by atoms with Crippen LogP contribution in [0.25, 0.3) is 0 Å². The zero-order valence-corrected chi connectivity index (χ0v) is 13.3. The highest BCUT2D eigenvalue weighted by Crippen LogP contribution is 2.21. The predicted octanol–water partition coefficient (Wildman–Crippen LogP) is -0.655. The van der Waals surface area contributed by atoms with E-state index in [1.54, 1.807) is 14.2 Å². The summed E-state index contributed by atoms with van der Waals surface area (Å²) >= 11 is 0. The minimum Gasteiger partial charge on any atom is -0.383 e. The molecule has 0 aromatic carbocycles. The highest BCUT2D eigenvalue weighted by molar-refractivity contribution is 7.89. The van der Waals surface area contributed by atoms with Crippen molar-refractivity contribution in [3.63, 3.8) is 0 Å². The van der Waals surface area contributed by atoms with Crippen LogP contribution in [0.5, 0.6) is 0 Å². The highest BCUT2D eigenvalue weighted by atomic mass is 32.2. The molecule has 9 heteroatoms. The molecule has 0 radical (unpaired) electrons. The van der Waals surface area contributed by atoms with Gasteiger partial charge in [-0.3, -0.25) is 9.58 Å². The van der Waals surface area contributed by atoms with Crippen LogP contribution < -0.4 is 5.73 Å². The van der Waals surface area contributed by atoms with Crippen molar-refractivity contribution in [1.29, 1.82) is 0 Å². The smallest absolute Gasteiger partial charge is 0.248 e. The Morgan fingerprint density at radius 1 is 1.33 bits per heavy atom. The van der Waals surface area contributed by atoms with Crippen molar-refractivity contribution >= 4 is 15.8 Å². The Kier molecular flexibility index (Phi) is 5.20. The van der Waals surface area contributed by atoms with Crippen LogP contribution in [0.15, 0.2) is 11.1 Å². The van der Waals surface area contributed by atoms with Gasteiger partial charge in [0.1, 0.15) is 4.90 Å². The molecular weight excluding hydrogens is 294 g/mol. The molecule has 1 aliphatic heterocycles. The molecule has 0 amide bonds. The van der Waals surface area contributed by atoms with E-state index in [1.807, 2.05) is 0 Å². The van der Waals surface area contributed by atoms with Gasteiger partial charge < -0.3 is 10.5 Å². The van der Waals surface area contributed by atoms with Crippen LogP contribution >= 0.6 is 0 Å². The Morgan fingerprint density at radius 3 is 2.71 bits per heavy atom. The largest absolute Gasteiger partial charge is 0.383 e.